The monoisotopic (exact) mass is 262 g/mol. The number of carbonyl (C=O) groups is 1. The smallest absolute Gasteiger partial charge is 0.168 e. The van der Waals surface area contributed by atoms with Gasteiger partial charge in [-0.05, 0) is 26.2 Å². The van der Waals surface area contributed by atoms with Crippen molar-refractivity contribution in [2.45, 2.75) is 12.5 Å². The van der Waals surface area contributed by atoms with Crippen LogP contribution in [0.25, 0.3) is 0 Å². The minimum Gasteiger partial charge on any atom is -0.496 e. The van der Waals surface area contributed by atoms with Gasteiger partial charge < -0.3 is 14.5 Å². The lowest BCUT2D eigenvalue weighted by Gasteiger charge is -2.37. The molecule has 1 aromatic rings. The summed E-state index contributed by atoms with van der Waals surface area (Å²) in [6.07, 6.45) is 0.543. The van der Waals surface area contributed by atoms with Crippen LogP contribution in [0.5, 0.6) is 5.75 Å². The molecule has 1 atom stereocenters. The summed E-state index contributed by atoms with van der Waals surface area (Å²) in [6.45, 7) is 3.02. The number of hydrogen-bond donors (Lipinski definition) is 0. The molecule has 104 valence electrons. The van der Waals surface area contributed by atoms with Gasteiger partial charge in [0.25, 0.3) is 0 Å². The van der Waals surface area contributed by atoms with Gasteiger partial charge in [-0.25, -0.2) is 0 Å². The van der Waals surface area contributed by atoms with Gasteiger partial charge in [-0.3, -0.25) is 4.79 Å². The van der Waals surface area contributed by atoms with Crippen molar-refractivity contribution in [1.82, 2.24) is 9.80 Å². The summed E-state index contributed by atoms with van der Waals surface area (Å²) in [5.41, 5.74) is 0.687. The number of para-hydroxylation sites is 1. The van der Waals surface area contributed by atoms with E-state index < -0.39 is 0 Å². The van der Waals surface area contributed by atoms with Crippen LogP contribution in [0.3, 0.4) is 0 Å². The topological polar surface area (TPSA) is 32.8 Å². The highest BCUT2D eigenvalue weighted by Crippen LogP contribution is 2.21. The molecule has 1 aliphatic rings. The maximum absolute atomic E-state index is 12.4. The van der Waals surface area contributed by atoms with Gasteiger partial charge in [0.15, 0.2) is 5.78 Å². The molecule has 1 heterocycles. The molecular weight excluding hydrogens is 240 g/mol. The Labute approximate surface area is 115 Å². The normalized spacial score (nSPS) is 21.3. The van der Waals surface area contributed by atoms with Crippen LogP contribution >= 0.6 is 0 Å². The molecule has 4 nitrogen and oxygen atoms in total. The molecule has 0 aromatic heterocycles. The summed E-state index contributed by atoms with van der Waals surface area (Å²) < 4.78 is 5.26. The highest BCUT2D eigenvalue weighted by molar-refractivity contribution is 5.99. The fourth-order valence-electron chi connectivity index (χ4n) is 2.52. The van der Waals surface area contributed by atoms with Crippen LogP contribution in [0.2, 0.25) is 0 Å². The predicted octanol–water partition coefficient (Wildman–Crippen LogP) is 1.51. The summed E-state index contributed by atoms with van der Waals surface area (Å²) in [6, 6.07) is 7.73. The molecule has 1 saturated heterocycles. The number of likely N-dealkylation sites (N-methyl/N-ethyl adjacent to an activating group) is 2. The van der Waals surface area contributed by atoms with E-state index >= 15 is 0 Å². The van der Waals surface area contributed by atoms with Gasteiger partial charge in [0.05, 0.1) is 12.7 Å². The molecule has 1 aromatic carbocycles. The fraction of sp³-hybridized carbons (Fsp3) is 0.533. The summed E-state index contributed by atoms with van der Waals surface area (Å²) in [7, 11) is 5.80. The van der Waals surface area contributed by atoms with Gasteiger partial charge in [0.1, 0.15) is 5.75 Å². The third-order valence-electron chi connectivity index (χ3n) is 3.81. The zero-order chi connectivity index (χ0) is 13.8. The van der Waals surface area contributed by atoms with Gasteiger partial charge in [-0.15, -0.1) is 0 Å². The summed E-state index contributed by atoms with van der Waals surface area (Å²) in [4.78, 5) is 17.0. The number of ether oxygens (including phenoxy) is 1. The number of benzene rings is 1. The second-order valence-electron chi connectivity index (χ2n) is 5.22. The van der Waals surface area contributed by atoms with E-state index in [4.69, 9.17) is 4.74 Å². The van der Waals surface area contributed by atoms with Crippen molar-refractivity contribution in [1.29, 1.82) is 0 Å². The molecular formula is C15H22N2O2. The molecule has 2 rings (SSSR count). The minimum absolute atomic E-state index is 0.157. The molecule has 0 bridgehead atoms. The Kier molecular flexibility index (Phi) is 4.56. The SMILES string of the molecule is COc1ccccc1C(=O)CC1CN(C)CCN1C. The zero-order valence-electron chi connectivity index (χ0n) is 11.9. The quantitative estimate of drug-likeness (QED) is 0.770. The third-order valence-corrected chi connectivity index (χ3v) is 3.81. The van der Waals surface area contributed by atoms with E-state index in [1.165, 1.54) is 0 Å². The van der Waals surface area contributed by atoms with Crippen molar-refractivity contribution in [2.75, 3.05) is 40.8 Å². The van der Waals surface area contributed by atoms with Crippen LogP contribution in [0.15, 0.2) is 24.3 Å². The highest BCUT2D eigenvalue weighted by atomic mass is 16.5. The largest absolute Gasteiger partial charge is 0.496 e. The lowest BCUT2D eigenvalue weighted by molar-refractivity contribution is 0.0807. The van der Waals surface area contributed by atoms with Crippen LogP contribution in [0.4, 0.5) is 0 Å². The Bertz CT molecular complexity index is 448. The summed E-state index contributed by atoms with van der Waals surface area (Å²) in [5.74, 6) is 0.823. The number of piperazine rings is 1. The molecule has 0 saturated carbocycles. The first-order valence-corrected chi connectivity index (χ1v) is 6.67. The van der Waals surface area contributed by atoms with Crippen LogP contribution in [-0.2, 0) is 0 Å². The first kappa shape index (κ1) is 14.0. The standard InChI is InChI=1S/C15H22N2O2/c1-16-8-9-17(2)12(11-16)10-14(18)13-6-4-5-7-15(13)19-3/h4-7,12H,8-11H2,1-3H3. The van der Waals surface area contributed by atoms with E-state index in [9.17, 15) is 4.79 Å². The summed E-state index contributed by atoms with van der Waals surface area (Å²) >= 11 is 0. The van der Waals surface area contributed by atoms with Gasteiger partial charge in [-0.2, -0.15) is 0 Å². The van der Waals surface area contributed by atoms with E-state index in [1.807, 2.05) is 24.3 Å². The summed E-state index contributed by atoms with van der Waals surface area (Å²) in [5, 5.41) is 0. The predicted molar refractivity (Wildman–Crippen MR) is 75.9 cm³/mol. The maximum atomic E-state index is 12.4. The lowest BCUT2D eigenvalue weighted by Crippen LogP contribution is -2.50. The number of carbonyl (C=O) groups excluding carboxylic acids is 1. The Morgan fingerprint density at radius 2 is 2.05 bits per heavy atom. The van der Waals surface area contributed by atoms with Crippen molar-refractivity contribution in [3.05, 3.63) is 29.8 Å². The van der Waals surface area contributed by atoms with Gasteiger partial charge in [0.2, 0.25) is 0 Å². The van der Waals surface area contributed by atoms with Crippen LogP contribution in [0, 0.1) is 0 Å². The zero-order valence-corrected chi connectivity index (χ0v) is 11.9. The molecule has 0 radical (unpaired) electrons. The first-order valence-electron chi connectivity index (χ1n) is 6.67. The van der Waals surface area contributed by atoms with Crippen molar-refractivity contribution in [3.8, 4) is 5.75 Å². The number of ketones is 1. The van der Waals surface area contributed by atoms with Gasteiger partial charge in [-0.1, -0.05) is 12.1 Å². The van der Waals surface area contributed by atoms with Gasteiger partial charge >= 0.3 is 0 Å². The van der Waals surface area contributed by atoms with Crippen molar-refractivity contribution in [3.63, 3.8) is 0 Å². The number of methoxy groups -OCH3 is 1. The van der Waals surface area contributed by atoms with E-state index in [0.29, 0.717) is 17.7 Å². The highest BCUT2D eigenvalue weighted by Gasteiger charge is 2.25. The first-order chi connectivity index (χ1) is 9.11. The minimum atomic E-state index is 0.157. The molecule has 0 aliphatic carbocycles. The van der Waals surface area contributed by atoms with Crippen LogP contribution in [-0.4, -0.2) is 62.5 Å². The van der Waals surface area contributed by atoms with E-state index in [0.717, 1.165) is 19.6 Å². The van der Waals surface area contributed by atoms with E-state index in [-0.39, 0.29) is 11.8 Å². The molecule has 0 amide bonds. The van der Waals surface area contributed by atoms with Crippen LogP contribution < -0.4 is 4.74 Å². The Morgan fingerprint density at radius 1 is 1.32 bits per heavy atom. The molecule has 1 fully saturated rings. The Hall–Kier alpha value is -1.39. The average molecular weight is 262 g/mol. The van der Waals surface area contributed by atoms with Crippen molar-refractivity contribution < 1.29 is 9.53 Å². The number of rotatable bonds is 4. The number of Topliss-reactive ketones (excluding diaryl/α,β-unsaturated/α-hetero) is 1. The second kappa shape index (κ2) is 6.17. The average Bonchev–Trinajstić information content (AvgIpc) is 2.42. The van der Waals surface area contributed by atoms with Crippen molar-refractivity contribution >= 4 is 5.78 Å². The maximum Gasteiger partial charge on any atom is 0.168 e. The molecule has 4 heteroatoms. The lowest BCUT2D eigenvalue weighted by atomic mass is 10.0. The van der Waals surface area contributed by atoms with Gasteiger partial charge in [0, 0.05) is 32.1 Å². The molecule has 1 unspecified atom stereocenters. The number of nitrogens with zero attached hydrogens (tertiary/aromatic N) is 2. The Balaban J connectivity index is 2.08. The van der Waals surface area contributed by atoms with E-state index in [2.05, 4.69) is 23.9 Å². The fourth-order valence-corrected chi connectivity index (χ4v) is 2.52. The molecule has 0 N–H and O–H groups in total. The van der Waals surface area contributed by atoms with Crippen LogP contribution in [0.1, 0.15) is 16.8 Å². The third kappa shape index (κ3) is 3.33. The molecule has 0 spiro atoms. The molecule has 19 heavy (non-hydrogen) atoms. The Morgan fingerprint density at radius 3 is 2.79 bits per heavy atom. The molecule has 1 aliphatic heterocycles. The second-order valence-corrected chi connectivity index (χ2v) is 5.22. The number of hydrogen-bond acceptors (Lipinski definition) is 4. The van der Waals surface area contributed by atoms with E-state index in [1.54, 1.807) is 7.11 Å². The van der Waals surface area contributed by atoms with Crippen molar-refractivity contribution in [2.24, 2.45) is 0 Å².